The molecule has 0 aliphatic heterocycles. The van der Waals surface area contributed by atoms with Gasteiger partial charge in [-0.25, -0.2) is 4.79 Å². The Morgan fingerprint density at radius 2 is 1.81 bits per heavy atom. The average molecular weight is 356 g/mol. The zero-order chi connectivity index (χ0) is 19.3. The van der Waals surface area contributed by atoms with Crippen LogP contribution in [0.25, 0.3) is 11.3 Å². The molecule has 0 aliphatic carbocycles. The molecule has 26 heavy (non-hydrogen) atoms. The summed E-state index contributed by atoms with van der Waals surface area (Å²) in [6.45, 7) is 10.1. The van der Waals surface area contributed by atoms with Gasteiger partial charge in [0, 0.05) is 17.4 Å². The molecule has 0 radical (unpaired) electrons. The molecule has 1 N–H and O–H groups in total. The summed E-state index contributed by atoms with van der Waals surface area (Å²) in [5.41, 5.74) is 4.19. The van der Waals surface area contributed by atoms with Gasteiger partial charge in [0.1, 0.15) is 6.54 Å². The van der Waals surface area contributed by atoms with E-state index in [9.17, 15) is 9.59 Å². The van der Waals surface area contributed by atoms with Gasteiger partial charge < -0.3 is 14.6 Å². The predicted octanol–water partition coefficient (Wildman–Crippen LogP) is 3.86. The maximum atomic E-state index is 12.4. The third-order valence-corrected chi connectivity index (χ3v) is 4.53. The van der Waals surface area contributed by atoms with E-state index >= 15 is 0 Å². The molecule has 0 spiro atoms. The van der Waals surface area contributed by atoms with Crippen LogP contribution in [-0.4, -0.2) is 29.1 Å². The first-order valence-electron chi connectivity index (χ1n) is 9.11. The maximum Gasteiger partial charge on any atom is 0.339 e. The Bertz CT molecular complexity index is 775. The van der Waals surface area contributed by atoms with Crippen LogP contribution in [0.4, 0.5) is 0 Å². The Morgan fingerprint density at radius 3 is 2.38 bits per heavy atom. The number of rotatable bonds is 7. The van der Waals surface area contributed by atoms with Gasteiger partial charge in [-0.2, -0.15) is 0 Å². The number of benzene rings is 1. The van der Waals surface area contributed by atoms with Crippen molar-refractivity contribution in [2.75, 3.05) is 6.61 Å². The zero-order valence-electron chi connectivity index (χ0n) is 16.3. The first kappa shape index (κ1) is 19.8. The lowest BCUT2D eigenvalue weighted by molar-refractivity contribution is -0.122. The standard InChI is InChI=1S/C21H28N2O3/c1-6-15(4)22-20(24)13-23-16(5)18(21(25)26-7-2)12-19(23)17-10-8-14(3)9-11-17/h8-12,15H,6-7,13H2,1-5H3,(H,22,24)/t15-/m1/s1. The molecule has 1 amide bonds. The van der Waals surface area contributed by atoms with Crippen LogP contribution in [0.2, 0.25) is 0 Å². The fourth-order valence-electron chi connectivity index (χ4n) is 2.79. The molecule has 5 nitrogen and oxygen atoms in total. The van der Waals surface area contributed by atoms with Crippen molar-refractivity contribution in [3.63, 3.8) is 0 Å². The second-order valence-corrected chi connectivity index (χ2v) is 6.58. The average Bonchev–Trinajstić information content (AvgIpc) is 2.92. The Morgan fingerprint density at radius 1 is 1.15 bits per heavy atom. The van der Waals surface area contributed by atoms with Crippen LogP contribution in [0, 0.1) is 13.8 Å². The number of amides is 1. The molecule has 0 fully saturated rings. The van der Waals surface area contributed by atoms with Crippen LogP contribution in [0.15, 0.2) is 30.3 Å². The molecule has 1 heterocycles. The molecule has 1 aromatic carbocycles. The summed E-state index contributed by atoms with van der Waals surface area (Å²) >= 11 is 0. The molecule has 0 saturated heterocycles. The third-order valence-electron chi connectivity index (χ3n) is 4.53. The summed E-state index contributed by atoms with van der Waals surface area (Å²) in [6.07, 6.45) is 0.870. The van der Waals surface area contributed by atoms with Crippen molar-refractivity contribution in [1.82, 2.24) is 9.88 Å². The van der Waals surface area contributed by atoms with E-state index in [0.29, 0.717) is 12.2 Å². The molecule has 0 saturated carbocycles. The predicted molar refractivity (Wildman–Crippen MR) is 103 cm³/mol. The number of hydrogen-bond acceptors (Lipinski definition) is 3. The number of aryl methyl sites for hydroxylation is 1. The topological polar surface area (TPSA) is 60.3 Å². The van der Waals surface area contributed by atoms with Crippen LogP contribution in [0.1, 0.15) is 48.8 Å². The van der Waals surface area contributed by atoms with Gasteiger partial charge in [0.05, 0.1) is 12.2 Å². The number of nitrogens with zero attached hydrogens (tertiary/aromatic N) is 1. The van der Waals surface area contributed by atoms with Crippen molar-refractivity contribution >= 4 is 11.9 Å². The van der Waals surface area contributed by atoms with E-state index in [-0.39, 0.29) is 24.5 Å². The van der Waals surface area contributed by atoms with E-state index in [2.05, 4.69) is 5.32 Å². The molecular weight excluding hydrogens is 328 g/mol. The lowest BCUT2D eigenvalue weighted by atomic mass is 10.1. The molecule has 0 unspecified atom stereocenters. The van der Waals surface area contributed by atoms with E-state index < -0.39 is 0 Å². The summed E-state index contributed by atoms with van der Waals surface area (Å²) in [4.78, 5) is 24.7. The van der Waals surface area contributed by atoms with Gasteiger partial charge >= 0.3 is 5.97 Å². The highest BCUT2D eigenvalue weighted by molar-refractivity contribution is 5.93. The number of esters is 1. The second-order valence-electron chi connectivity index (χ2n) is 6.58. The van der Waals surface area contributed by atoms with Crippen molar-refractivity contribution in [2.24, 2.45) is 0 Å². The molecule has 2 rings (SSSR count). The van der Waals surface area contributed by atoms with E-state index in [0.717, 1.165) is 28.9 Å². The number of ether oxygens (including phenoxy) is 1. The van der Waals surface area contributed by atoms with Gasteiger partial charge in [0.2, 0.25) is 5.91 Å². The highest BCUT2D eigenvalue weighted by Gasteiger charge is 2.21. The first-order chi connectivity index (χ1) is 12.4. The molecule has 0 bridgehead atoms. The number of hydrogen-bond donors (Lipinski definition) is 1. The van der Waals surface area contributed by atoms with Crippen LogP contribution in [-0.2, 0) is 16.1 Å². The van der Waals surface area contributed by atoms with E-state index in [1.807, 2.05) is 62.6 Å². The number of carbonyl (C=O) groups excluding carboxylic acids is 2. The largest absolute Gasteiger partial charge is 0.462 e. The monoisotopic (exact) mass is 356 g/mol. The minimum absolute atomic E-state index is 0.0678. The third kappa shape index (κ3) is 4.54. The highest BCUT2D eigenvalue weighted by Crippen LogP contribution is 2.27. The molecular formula is C21H28N2O3. The van der Waals surface area contributed by atoms with Crippen LogP contribution in [0.5, 0.6) is 0 Å². The molecule has 1 atom stereocenters. The zero-order valence-corrected chi connectivity index (χ0v) is 16.3. The van der Waals surface area contributed by atoms with Gasteiger partial charge in [-0.15, -0.1) is 0 Å². The van der Waals surface area contributed by atoms with Crippen molar-refractivity contribution in [1.29, 1.82) is 0 Å². The fraction of sp³-hybridized carbons (Fsp3) is 0.429. The Labute approximate surface area is 155 Å². The summed E-state index contributed by atoms with van der Waals surface area (Å²) in [5.74, 6) is -0.429. The normalized spacial score (nSPS) is 11.9. The lowest BCUT2D eigenvalue weighted by Gasteiger charge is -2.15. The first-order valence-corrected chi connectivity index (χ1v) is 9.11. The van der Waals surface area contributed by atoms with Crippen LogP contribution < -0.4 is 5.32 Å². The van der Waals surface area contributed by atoms with E-state index in [1.165, 1.54) is 0 Å². The van der Waals surface area contributed by atoms with Gasteiger partial charge in [0.25, 0.3) is 0 Å². The van der Waals surface area contributed by atoms with Gasteiger partial charge in [0.15, 0.2) is 0 Å². The van der Waals surface area contributed by atoms with Gasteiger partial charge in [-0.05, 0) is 45.7 Å². The summed E-state index contributed by atoms with van der Waals surface area (Å²) in [5, 5.41) is 2.98. The molecule has 140 valence electrons. The minimum atomic E-state index is -0.362. The highest BCUT2D eigenvalue weighted by atomic mass is 16.5. The Balaban J connectivity index is 2.44. The van der Waals surface area contributed by atoms with Crippen molar-refractivity contribution in [3.8, 4) is 11.3 Å². The molecule has 5 heteroatoms. The quantitative estimate of drug-likeness (QED) is 0.766. The number of nitrogens with one attached hydrogen (secondary N) is 1. The second kappa shape index (κ2) is 8.70. The van der Waals surface area contributed by atoms with Gasteiger partial charge in [-0.3, -0.25) is 4.79 Å². The summed E-state index contributed by atoms with van der Waals surface area (Å²) in [7, 11) is 0. The Kier molecular flexibility index (Phi) is 6.61. The van der Waals surface area contributed by atoms with Crippen molar-refractivity contribution < 1.29 is 14.3 Å². The SMILES string of the molecule is CCOC(=O)c1cc(-c2ccc(C)cc2)n(CC(=O)N[C@H](C)CC)c1C. The molecule has 1 aromatic heterocycles. The van der Waals surface area contributed by atoms with Crippen molar-refractivity contribution in [2.45, 2.75) is 53.6 Å². The van der Waals surface area contributed by atoms with Crippen LogP contribution in [0.3, 0.4) is 0 Å². The smallest absolute Gasteiger partial charge is 0.339 e. The summed E-state index contributed by atoms with van der Waals surface area (Å²) in [6, 6.07) is 9.97. The number of carbonyl (C=O) groups is 2. The van der Waals surface area contributed by atoms with E-state index in [4.69, 9.17) is 4.74 Å². The minimum Gasteiger partial charge on any atom is -0.462 e. The Hall–Kier alpha value is -2.56. The maximum absolute atomic E-state index is 12.4. The van der Waals surface area contributed by atoms with E-state index in [1.54, 1.807) is 6.92 Å². The molecule has 0 aliphatic rings. The van der Waals surface area contributed by atoms with Gasteiger partial charge in [-0.1, -0.05) is 36.8 Å². The fourth-order valence-corrected chi connectivity index (χ4v) is 2.79. The number of aromatic nitrogens is 1. The lowest BCUT2D eigenvalue weighted by Crippen LogP contribution is -2.35. The molecule has 2 aromatic rings. The van der Waals surface area contributed by atoms with Crippen molar-refractivity contribution in [3.05, 3.63) is 47.2 Å². The summed E-state index contributed by atoms with van der Waals surface area (Å²) < 4.78 is 7.05. The van der Waals surface area contributed by atoms with Crippen LogP contribution >= 0.6 is 0 Å².